The third-order valence-electron chi connectivity index (χ3n) is 4.89. The Morgan fingerprint density at radius 2 is 1.63 bits per heavy atom. The highest BCUT2D eigenvalue weighted by Gasteiger charge is 2.18. The van der Waals surface area contributed by atoms with Crippen molar-refractivity contribution in [3.8, 4) is 0 Å². The van der Waals surface area contributed by atoms with Crippen LogP contribution in [0.5, 0.6) is 0 Å². The Labute approximate surface area is 174 Å². The van der Waals surface area contributed by atoms with Crippen LogP contribution in [-0.2, 0) is 13.1 Å². The van der Waals surface area contributed by atoms with Crippen molar-refractivity contribution in [2.75, 3.05) is 5.32 Å². The molecule has 0 atom stereocenters. The van der Waals surface area contributed by atoms with Crippen LogP contribution in [0.4, 0.5) is 10.5 Å². The van der Waals surface area contributed by atoms with E-state index in [9.17, 15) is 9.59 Å². The molecule has 5 heteroatoms. The molecule has 0 saturated heterocycles. The lowest BCUT2D eigenvalue weighted by molar-refractivity contribution is 0.206. The Morgan fingerprint density at radius 1 is 0.933 bits per heavy atom. The maximum atomic E-state index is 13.0. The number of benzene rings is 3. The smallest absolute Gasteiger partial charge is 0.322 e. The fourth-order valence-corrected chi connectivity index (χ4v) is 3.33. The molecule has 30 heavy (non-hydrogen) atoms. The first-order valence-corrected chi connectivity index (χ1v) is 9.76. The Balaban J connectivity index is 1.65. The minimum absolute atomic E-state index is 0.120. The van der Waals surface area contributed by atoms with Crippen LogP contribution in [-0.4, -0.2) is 10.9 Å². The van der Waals surface area contributed by atoms with Crippen molar-refractivity contribution < 1.29 is 9.21 Å². The van der Waals surface area contributed by atoms with Crippen molar-refractivity contribution in [1.82, 2.24) is 4.90 Å². The quantitative estimate of drug-likeness (QED) is 0.494. The monoisotopic (exact) mass is 398 g/mol. The summed E-state index contributed by atoms with van der Waals surface area (Å²) in [6.45, 7) is 2.44. The van der Waals surface area contributed by atoms with Gasteiger partial charge in [0.25, 0.3) is 0 Å². The van der Waals surface area contributed by atoms with Crippen LogP contribution >= 0.6 is 0 Å². The van der Waals surface area contributed by atoms with E-state index in [0.717, 1.165) is 11.1 Å². The number of amides is 2. The van der Waals surface area contributed by atoms with E-state index in [0.29, 0.717) is 28.8 Å². The first kappa shape index (κ1) is 19.5. The number of hydrogen-bond donors (Lipinski definition) is 1. The van der Waals surface area contributed by atoms with Crippen LogP contribution in [0.25, 0.3) is 11.0 Å². The van der Waals surface area contributed by atoms with Gasteiger partial charge in [0.05, 0.1) is 23.8 Å². The molecule has 3 aromatic carbocycles. The molecule has 0 unspecified atom stereocenters. The summed E-state index contributed by atoms with van der Waals surface area (Å²) < 4.78 is 5.67. The van der Waals surface area contributed by atoms with Crippen molar-refractivity contribution in [2.24, 2.45) is 0 Å². The molecule has 2 amide bonds. The van der Waals surface area contributed by atoms with Crippen molar-refractivity contribution >= 4 is 22.7 Å². The van der Waals surface area contributed by atoms with Gasteiger partial charge in [-0.15, -0.1) is 0 Å². The number of carbonyl (C=O) groups excluding carboxylic acids is 1. The number of nitrogens with one attached hydrogen (secondary N) is 1. The Bertz CT molecular complexity index is 1220. The average Bonchev–Trinajstić information content (AvgIpc) is 2.77. The van der Waals surface area contributed by atoms with Gasteiger partial charge in [-0.25, -0.2) is 4.79 Å². The van der Waals surface area contributed by atoms with Crippen molar-refractivity contribution in [2.45, 2.75) is 20.0 Å². The SMILES string of the molecule is Cc1ccc2occ(CN(Cc3ccccc3)C(=O)Nc3ccccc3)c(=O)c2c1. The van der Waals surface area contributed by atoms with E-state index in [1.54, 1.807) is 11.0 Å². The first-order valence-electron chi connectivity index (χ1n) is 9.76. The lowest BCUT2D eigenvalue weighted by Crippen LogP contribution is -2.35. The molecule has 150 valence electrons. The van der Waals surface area contributed by atoms with E-state index in [4.69, 9.17) is 4.42 Å². The van der Waals surface area contributed by atoms with Gasteiger partial charge in [-0.3, -0.25) is 4.79 Å². The molecule has 0 aliphatic carbocycles. The maximum absolute atomic E-state index is 13.0. The Hall–Kier alpha value is -3.86. The lowest BCUT2D eigenvalue weighted by Gasteiger charge is -2.23. The molecule has 0 saturated carbocycles. The molecule has 0 radical (unpaired) electrons. The van der Waals surface area contributed by atoms with Crippen LogP contribution in [0.3, 0.4) is 0 Å². The third kappa shape index (κ3) is 4.41. The number of rotatable bonds is 5. The summed E-state index contributed by atoms with van der Waals surface area (Å²) in [5.74, 6) is 0. The van der Waals surface area contributed by atoms with E-state index in [-0.39, 0.29) is 18.0 Å². The number of urea groups is 1. The van der Waals surface area contributed by atoms with Gasteiger partial charge in [-0.2, -0.15) is 0 Å². The van der Waals surface area contributed by atoms with E-state index in [1.165, 1.54) is 6.26 Å². The zero-order valence-electron chi connectivity index (χ0n) is 16.7. The number of anilines is 1. The van der Waals surface area contributed by atoms with Gasteiger partial charge in [-0.1, -0.05) is 60.2 Å². The lowest BCUT2D eigenvalue weighted by atomic mass is 10.1. The van der Waals surface area contributed by atoms with Crippen LogP contribution in [0.2, 0.25) is 0 Å². The number of aryl methyl sites for hydroxylation is 1. The van der Waals surface area contributed by atoms with E-state index in [2.05, 4.69) is 5.32 Å². The van der Waals surface area contributed by atoms with Gasteiger partial charge < -0.3 is 14.6 Å². The standard InChI is InChI=1S/C25H22N2O3/c1-18-12-13-23-22(14-18)24(28)20(17-30-23)16-27(15-19-8-4-2-5-9-19)25(29)26-21-10-6-3-7-11-21/h2-14,17H,15-16H2,1H3,(H,26,29). The maximum Gasteiger partial charge on any atom is 0.322 e. The number of nitrogens with zero attached hydrogens (tertiary/aromatic N) is 1. The van der Waals surface area contributed by atoms with Crippen molar-refractivity contribution in [3.63, 3.8) is 0 Å². The second-order valence-electron chi connectivity index (χ2n) is 7.23. The fourth-order valence-electron chi connectivity index (χ4n) is 3.33. The zero-order valence-corrected chi connectivity index (χ0v) is 16.7. The van der Waals surface area contributed by atoms with Gasteiger partial charge in [0, 0.05) is 12.2 Å². The predicted octanol–water partition coefficient (Wildman–Crippen LogP) is 5.34. The number of carbonyl (C=O) groups is 1. The number of hydrogen-bond acceptors (Lipinski definition) is 3. The van der Waals surface area contributed by atoms with Gasteiger partial charge in [0.15, 0.2) is 5.43 Å². The van der Waals surface area contributed by atoms with E-state index in [1.807, 2.05) is 79.7 Å². The summed E-state index contributed by atoms with van der Waals surface area (Å²) in [4.78, 5) is 27.7. The Kier molecular flexibility index (Phi) is 5.61. The molecule has 0 aliphatic rings. The van der Waals surface area contributed by atoms with Gasteiger partial charge in [-0.05, 0) is 36.8 Å². The Morgan fingerprint density at radius 3 is 2.37 bits per heavy atom. The minimum atomic E-state index is -0.284. The molecule has 0 aliphatic heterocycles. The second-order valence-corrected chi connectivity index (χ2v) is 7.23. The molecule has 4 rings (SSSR count). The van der Waals surface area contributed by atoms with E-state index >= 15 is 0 Å². The highest BCUT2D eigenvalue weighted by molar-refractivity contribution is 5.89. The molecule has 1 aromatic heterocycles. The van der Waals surface area contributed by atoms with Crippen LogP contribution in [0, 0.1) is 6.92 Å². The number of fused-ring (bicyclic) bond motifs is 1. The second kappa shape index (κ2) is 8.66. The molecule has 0 spiro atoms. The van der Waals surface area contributed by atoms with Crippen LogP contribution < -0.4 is 10.7 Å². The first-order chi connectivity index (χ1) is 14.6. The molecule has 1 N–H and O–H groups in total. The summed E-state index contributed by atoms with van der Waals surface area (Å²) >= 11 is 0. The third-order valence-corrected chi connectivity index (χ3v) is 4.89. The topological polar surface area (TPSA) is 62.6 Å². The molecule has 4 aromatic rings. The summed E-state index contributed by atoms with van der Waals surface area (Å²) in [7, 11) is 0. The van der Waals surface area contributed by atoms with Gasteiger partial charge in [0.2, 0.25) is 0 Å². The molecule has 1 heterocycles. The van der Waals surface area contributed by atoms with Gasteiger partial charge in [0.1, 0.15) is 5.58 Å². The van der Waals surface area contributed by atoms with Crippen LogP contribution in [0.15, 0.2) is 94.3 Å². The largest absolute Gasteiger partial charge is 0.464 e. The molecule has 5 nitrogen and oxygen atoms in total. The highest BCUT2D eigenvalue weighted by Crippen LogP contribution is 2.16. The van der Waals surface area contributed by atoms with E-state index < -0.39 is 0 Å². The predicted molar refractivity (Wildman–Crippen MR) is 118 cm³/mol. The molecule has 0 bridgehead atoms. The number of para-hydroxylation sites is 1. The van der Waals surface area contributed by atoms with Gasteiger partial charge >= 0.3 is 6.03 Å². The molecular weight excluding hydrogens is 376 g/mol. The van der Waals surface area contributed by atoms with Crippen LogP contribution in [0.1, 0.15) is 16.7 Å². The summed E-state index contributed by atoms with van der Waals surface area (Å²) in [5, 5.41) is 3.43. The van der Waals surface area contributed by atoms with Crippen molar-refractivity contribution in [1.29, 1.82) is 0 Å². The summed E-state index contributed by atoms with van der Waals surface area (Å²) in [5.41, 5.74) is 3.51. The zero-order chi connectivity index (χ0) is 20.9. The fraction of sp³-hybridized carbons (Fsp3) is 0.120. The average molecular weight is 398 g/mol. The molecule has 0 fully saturated rings. The minimum Gasteiger partial charge on any atom is -0.464 e. The highest BCUT2D eigenvalue weighted by atomic mass is 16.3. The molecular formula is C25H22N2O3. The normalized spacial score (nSPS) is 10.7. The summed E-state index contributed by atoms with van der Waals surface area (Å²) in [6, 6.07) is 24.2. The van der Waals surface area contributed by atoms with Crippen molar-refractivity contribution in [3.05, 3.63) is 112 Å². The summed E-state index contributed by atoms with van der Waals surface area (Å²) in [6.07, 6.45) is 1.45.